The third-order valence-corrected chi connectivity index (χ3v) is 4.58. The van der Waals surface area contributed by atoms with E-state index in [1.54, 1.807) is 0 Å². The van der Waals surface area contributed by atoms with Gasteiger partial charge >= 0.3 is 0 Å². The SMILES string of the molecule is O=C1c2ccc(F)cc2C(=O)C2C3C=CC(C3)C12. The summed E-state index contributed by atoms with van der Waals surface area (Å²) in [5, 5.41) is 0. The molecule has 3 aliphatic rings. The van der Waals surface area contributed by atoms with E-state index in [0.29, 0.717) is 5.56 Å². The van der Waals surface area contributed by atoms with Gasteiger partial charge in [0.1, 0.15) is 5.82 Å². The van der Waals surface area contributed by atoms with Crippen LogP contribution < -0.4 is 0 Å². The van der Waals surface area contributed by atoms with Gasteiger partial charge in [0.05, 0.1) is 0 Å². The molecule has 4 unspecified atom stereocenters. The van der Waals surface area contributed by atoms with Crippen molar-refractivity contribution < 1.29 is 14.0 Å². The maximum Gasteiger partial charge on any atom is 0.168 e. The first-order valence-corrected chi connectivity index (χ1v) is 6.23. The fourth-order valence-corrected chi connectivity index (χ4v) is 3.83. The molecule has 1 aromatic carbocycles. The van der Waals surface area contributed by atoms with Crippen LogP contribution in [0, 0.1) is 29.5 Å². The Bertz CT molecular complexity index is 617. The van der Waals surface area contributed by atoms with Crippen molar-refractivity contribution in [1.82, 2.24) is 0 Å². The Morgan fingerprint density at radius 1 is 0.944 bits per heavy atom. The second-order valence-corrected chi connectivity index (χ2v) is 5.42. The number of carbonyl (C=O) groups excluding carboxylic acids is 2. The van der Waals surface area contributed by atoms with Crippen LogP contribution in [0.5, 0.6) is 0 Å². The molecule has 2 bridgehead atoms. The molecule has 3 heteroatoms. The maximum atomic E-state index is 13.2. The molecule has 4 atom stereocenters. The number of benzene rings is 1. The topological polar surface area (TPSA) is 34.1 Å². The molecule has 1 fully saturated rings. The zero-order valence-corrected chi connectivity index (χ0v) is 9.60. The van der Waals surface area contributed by atoms with Crippen LogP contribution >= 0.6 is 0 Å². The van der Waals surface area contributed by atoms with Crippen molar-refractivity contribution in [2.24, 2.45) is 23.7 Å². The van der Waals surface area contributed by atoms with E-state index in [9.17, 15) is 14.0 Å². The van der Waals surface area contributed by atoms with Crippen LogP contribution in [0.3, 0.4) is 0 Å². The third-order valence-electron chi connectivity index (χ3n) is 4.58. The van der Waals surface area contributed by atoms with Crippen LogP contribution in [-0.2, 0) is 0 Å². The van der Waals surface area contributed by atoms with Crippen molar-refractivity contribution in [3.05, 3.63) is 47.3 Å². The third kappa shape index (κ3) is 1.07. The Balaban J connectivity index is 1.93. The first kappa shape index (κ1) is 10.2. The van der Waals surface area contributed by atoms with E-state index in [4.69, 9.17) is 0 Å². The van der Waals surface area contributed by atoms with Crippen molar-refractivity contribution in [2.75, 3.05) is 0 Å². The smallest absolute Gasteiger partial charge is 0.168 e. The van der Waals surface area contributed by atoms with Crippen molar-refractivity contribution >= 4 is 11.6 Å². The van der Waals surface area contributed by atoms with E-state index < -0.39 is 5.82 Å². The molecule has 2 nitrogen and oxygen atoms in total. The number of hydrogen-bond acceptors (Lipinski definition) is 2. The Morgan fingerprint density at radius 2 is 1.56 bits per heavy atom. The van der Waals surface area contributed by atoms with Gasteiger partial charge in [-0.1, -0.05) is 12.2 Å². The molecule has 1 saturated carbocycles. The lowest BCUT2D eigenvalue weighted by Gasteiger charge is -2.31. The largest absolute Gasteiger partial charge is 0.294 e. The zero-order chi connectivity index (χ0) is 12.4. The van der Waals surface area contributed by atoms with Crippen LogP contribution in [0.25, 0.3) is 0 Å². The van der Waals surface area contributed by atoms with Crippen LogP contribution in [0.1, 0.15) is 27.1 Å². The average Bonchev–Trinajstić information content (AvgIpc) is 2.96. The van der Waals surface area contributed by atoms with Gasteiger partial charge in [-0.05, 0) is 36.5 Å². The number of Topliss-reactive ketones (excluding diaryl/α,β-unsaturated/α-hetero) is 2. The fourth-order valence-electron chi connectivity index (χ4n) is 3.83. The summed E-state index contributed by atoms with van der Waals surface area (Å²) in [6.07, 6.45) is 5.00. The first-order chi connectivity index (χ1) is 8.66. The molecule has 0 heterocycles. The highest BCUT2D eigenvalue weighted by Gasteiger charge is 2.54. The lowest BCUT2D eigenvalue weighted by atomic mass is 9.69. The minimum Gasteiger partial charge on any atom is -0.294 e. The second kappa shape index (κ2) is 3.16. The van der Waals surface area contributed by atoms with E-state index in [1.807, 2.05) is 6.08 Å². The number of allylic oxidation sites excluding steroid dienone is 2. The number of halogens is 1. The predicted molar refractivity (Wildman–Crippen MR) is 62.8 cm³/mol. The van der Waals surface area contributed by atoms with Crippen LogP contribution in [0.4, 0.5) is 4.39 Å². The first-order valence-electron chi connectivity index (χ1n) is 6.23. The average molecular weight is 242 g/mol. The van der Waals surface area contributed by atoms with E-state index in [0.717, 1.165) is 6.42 Å². The highest BCUT2D eigenvalue weighted by atomic mass is 19.1. The normalized spacial score (nSPS) is 35.8. The molecule has 4 rings (SSSR count). The van der Waals surface area contributed by atoms with Gasteiger partial charge in [0, 0.05) is 23.0 Å². The van der Waals surface area contributed by atoms with Gasteiger partial charge in [-0.3, -0.25) is 9.59 Å². The molecule has 0 spiro atoms. The Labute approximate surface area is 103 Å². The number of hydrogen-bond donors (Lipinski definition) is 0. The zero-order valence-electron chi connectivity index (χ0n) is 9.60. The minimum absolute atomic E-state index is 0.0199. The molecule has 0 aliphatic heterocycles. The van der Waals surface area contributed by atoms with Crippen LogP contribution in [0.15, 0.2) is 30.4 Å². The summed E-state index contributed by atoms with van der Waals surface area (Å²) in [5.41, 5.74) is 0.686. The summed E-state index contributed by atoms with van der Waals surface area (Å²) in [6, 6.07) is 3.92. The van der Waals surface area contributed by atoms with Gasteiger partial charge in [0.25, 0.3) is 0 Å². The molecule has 0 amide bonds. The van der Waals surface area contributed by atoms with Crippen LogP contribution in [0.2, 0.25) is 0 Å². The number of fused-ring (bicyclic) bond motifs is 6. The Kier molecular flexibility index (Phi) is 1.79. The van der Waals surface area contributed by atoms with E-state index in [2.05, 4.69) is 6.08 Å². The van der Waals surface area contributed by atoms with Gasteiger partial charge in [0.15, 0.2) is 11.6 Å². The van der Waals surface area contributed by atoms with Gasteiger partial charge in [-0.15, -0.1) is 0 Å². The summed E-state index contributed by atoms with van der Waals surface area (Å²) in [6.45, 7) is 0. The highest BCUT2D eigenvalue weighted by molar-refractivity contribution is 6.16. The second-order valence-electron chi connectivity index (χ2n) is 5.42. The van der Waals surface area contributed by atoms with Crippen molar-refractivity contribution in [1.29, 1.82) is 0 Å². The summed E-state index contributed by atoms with van der Waals surface area (Å²) < 4.78 is 13.2. The van der Waals surface area contributed by atoms with Crippen LogP contribution in [-0.4, -0.2) is 11.6 Å². The molecule has 0 radical (unpaired) electrons. The molecule has 3 aliphatic carbocycles. The lowest BCUT2D eigenvalue weighted by Crippen LogP contribution is -2.38. The predicted octanol–water partition coefficient (Wildman–Crippen LogP) is 2.64. The molecule has 18 heavy (non-hydrogen) atoms. The molecular weight excluding hydrogens is 231 g/mol. The lowest BCUT2D eigenvalue weighted by molar-refractivity contribution is 0.0720. The van der Waals surface area contributed by atoms with Crippen molar-refractivity contribution in [3.8, 4) is 0 Å². The molecule has 0 N–H and O–H groups in total. The van der Waals surface area contributed by atoms with Crippen molar-refractivity contribution in [2.45, 2.75) is 6.42 Å². The number of ketones is 2. The van der Waals surface area contributed by atoms with Gasteiger partial charge in [-0.25, -0.2) is 4.39 Å². The van der Waals surface area contributed by atoms with Gasteiger partial charge < -0.3 is 0 Å². The highest BCUT2D eigenvalue weighted by Crippen LogP contribution is 2.52. The van der Waals surface area contributed by atoms with Crippen molar-refractivity contribution in [3.63, 3.8) is 0 Å². The number of rotatable bonds is 0. The summed E-state index contributed by atoms with van der Waals surface area (Å²) in [5.74, 6) is -0.556. The molecule has 0 saturated heterocycles. The van der Waals surface area contributed by atoms with Gasteiger partial charge in [0.2, 0.25) is 0 Å². The molecular formula is C15H11FO2. The van der Waals surface area contributed by atoms with E-state index >= 15 is 0 Å². The summed E-state index contributed by atoms with van der Waals surface area (Å²) in [4.78, 5) is 24.9. The Morgan fingerprint density at radius 3 is 2.22 bits per heavy atom. The molecule has 1 aromatic rings. The Hall–Kier alpha value is -1.77. The summed E-state index contributed by atoms with van der Waals surface area (Å²) >= 11 is 0. The fraction of sp³-hybridized carbons (Fsp3) is 0.333. The minimum atomic E-state index is -0.452. The standard InChI is InChI=1S/C15H11FO2/c16-9-3-4-10-11(6-9)15(18)13-8-2-1-7(5-8)12(13)14(10)17/h1-4,6-8,12-13H,5H2. The maximum absolute atomic E-state index is 13.2. The van der Waals surface area contributed by atoms with E-state index in [-0.39, 0.29) is 40.8 Å². The monoisotopic (exact) mass is 242 g/mol. The van der Waals surface area contributed by atoms with Gasteiger partial charge in [-0.2, -0.15) is 0 Å². The molecule has 0 aromatic heterocycles. The number of carbonyl (C=O) groups is 2. The summed E-state index contributed by atoms with van der Waals surface area (Å²) in [7, 11) is 0. The molecule has 90 valence electrons. The quantitative estimate of drug-likeness (QED) is 0.655. The van der Waals surface area contributed by atoms with E-state index in [1.165, 1.54) is 18.2 Å².